The van der Waals surface area contributed by atoms with Gasteiger partial charge < -0.3 is 20.1 Å². The largest absolute Gasteiger partial charge is 0.444 e. The Kier molecular flexibility index (Phi) is 4.99. The highest BCUT2D eigenvalue weighted by Crippen LogP contribution is 2.16. The summed E-state index contributed by atoms with van der Waals surface area (Å²) in [6.07, 6.45) is -0.869. The number of carbonyl (C=O) groups excluding carboxylic acids is 1. The van der Waals surface area contributed by atoms with Crippen LogP contribution >= 0.6 is 0 Å². The molecular formula is C13H26N2O3. The Hall–Kier alpha value is -0.810. The van der Waals surface area contributed by atoms with Gasteiger partial charge in [-0.3, -0.25) is 0 Å². The van der Waals surface area contributed by atoms with Crippen molar-refractivity contribution in [3.63, 3.8) is 0 Å². The SMILES string of the molecule is CC(C)CNC1CN(C(=O)OC(C)(C)C)CC1O. The minimum Gasteiger partial charge on any atom is -0.444 e. The second kappa shape index (κ2) is 5.89. The number of nitrogens with one attached hydrogen (secondary N) is 1. The zero-order valence-electron chi connectivity index (χ0n) is 12.1. The van der Waals surface area contributed by atoms with Crippen LogP contribution in [0.4, 0.5) is 4.79 Å². The van der Waals surface area contributed by atoms with E-state index in [1.165, 1.54) is 0 Å². The second-order valence-corrected chi connectivity index (χ2v) is 6.36. The summed E-state index contributed by atoms with van der Waals surface area (Å²) in [4.78, 5) is 13.4. The van der Waals surface area contributed by atoms with Gasteiger partial charge in [0.2, 0.25) is 0 Å². The minimum absolute atomic E-state index is 0.0556. The second-order valence-electron chi connectivity index (χ2n) is 6.36. The summed E-state index contributed by atoms with van der Waals surface area (Å²) in [5, 5.41) is 13.2. The number of carbonyl (C=O) groups is 1. The van der Waals surface area contributed by atoms with Gasteiger partial charge in [0.15, 0.2) is 0 Å². The standard InChI is InChI=1S/C13H26N2O3/c1-9(2)6-14-10-7-15(8-11(10)16)12(17)18-13(3,4)5/h9-11,14,16H,6-8H2,1-5H3. The molecule has 0 aromatic carbocycles. The van der Waals surface area contributed by atoms with Gasteiger partial charge in [-0.25, -0.2) is 4.79 Å². The quantitative estimate of drug-likeness (QED) is 0.799. The first-order valence-corrected chi connectivity index (χ1v) is 6.58. The highest BCUT2D eigenvalue weighted by Gasteiger charge is 2.35. The van der Waals surface area contributed by atoms with Crippen LogP contribution in [-0.2, 0) is 4.74 Å². The fraction of sp³-hybridized carbons (Fsp3) is 0.923. The van der Waals surface area contributed by atoms with Crippen molar-refractivity contribution < 1.29 is 14.6 Å². The predicted molar refractivity (Wildman–Crippen MR) is 70.4 cm³/mol. The van der Waals surface area contributed by atoms with Crippen molar-refractivity contribution >= 4 is 6.09 Å². The summed E-state index contributed by atoms with van der Waals surface area (Å²) in [6, 6.07) is -0.0556. The topological polar surface area (TPSA) is 61.8 Å². The number of likely N-dealkylation sites (tertiary alicyclic amines) is 1. The van der Waals surface area contributed by atoms with Gasteiger partial charge in [0.1, 0.15) is 5.60 Å². The normalized spacial score (nSPS) is 24.7. The fourth-order valence-electron chi connectivity index (χ4n) is 1.85. The number of ether oxygens (including phenoxy) is 1. The molecule has 1 aliphatic heterocycles. The molecule has 5 heteroatoms. The maximum atomic E-state index is 11.9. The summed E-state index contributed by atoms with van der Waals surface area (Å²) in [6.45, 7) is 11.4. The van der Waals surface area contributed by atoms with Gasteiger partial charge in [-0.1, -0.05) is 13.8 Å². The summed E-state index contributed by atoms with van der Waals surface area (Å²) in [7, 11) is 0. The van der Waals surface area contributed by atoms with E-state index in [2.05, 4.69) is 19.2 Å². The number of β-amino-alcohol motifs (C(OH)–C–C–N with tert-alkyl or cyclic N) is 1. The van der Waals surface area contributed by atoms with Crippen molar-refractivity contribution in [3.8, 4) is 0 Å². The molecule has 1 rings (SSSR count). The van der Waals surface area contributed by atoms with E-state index in [9.17, 15) is 9.90 Å². The van der Waals surface area contributed by atoms with Gasteiger partial charge in [0.05, 0.1) is 18.7 Å². The molecule has 0 bridgehead atoms. The zero-order valence-corrected chi connectivity index (χ0v) is 12.1. The van der Waals surface area contributed by atoms with Crippen molar-refractivity contribution in [1.82, 2.24) is 10.2 Å². The number of amides is 1. The average Bonchev–Trinajstić information content (AvgIpc) is 2.54. The van der Waals surface area contributed by atoms with Crippen LogP contribution in [0.2, 0.25) is 0 Å². The summed E-state index contributed by atoms with van der Waals surface area (Å²) in [5.74, 6) is 0.521. The highest BCUT2D eigenvalue weighted by molar-refractivity contribution is 5.68. The molecule has 2 N–H and O–H groups in total. The predicted octanol–water partition coefficient (Wildman–Crippen LogP) is 1.21. The van der Waals surface area contributed by atoms with Crippen LogP contribution in [-0.4, -0.2) is 53.5 Å². The number of rotatable bonds is 3. The third kappa shape index (κ3) is 4.82. The molecule has 106 valence electrons. The lowest BCUT2D eigenvalue weighted by Crippen LogP contribution is -2.41. The number of hydrogen-bond acceptors (Lipinski definition) is 4. The van der Waals surface area contributed by atoms with Gasteiger partial charge >= 0.3 is 6.09 Å². The van der Waals surface area contributed by atoms with Crippen LogP contribution in [0.15, 0.2) is 0 Å². The lowest BCUT2D eigenvalue weighted by molar-refractivity contribution is 0.0270. The Morgan fingerprint density at radius 3 is 2.56 bits per heavy atom. The molecule has 5 nitrogen and oxygen atoms in total. The van der Waals surface area contributed by atoms with Crippen LogP contribution in [0.3, 0.4) is 0 Å². The Morgan fingerprint density at radius 1 is 1.44 bits per heavy atom. The molecule has 0 spiro atoms. The van der Waals surface area contributed by atoms with Gasteiger partial charge in [-0.2, -0.15) is 0 Å². The number of aliphatic hydroxyl groups is 1. The molecule has 1 heterocycles. The smallest absolute Gasteiger partial charge is 0.410 e. The van der Waals surface area contributed by atoms with Crippen molar-refractivity contribution in [2.75, 3.05) is 19.6 Å². The molecule has 2 unspecified atom stereocenters. The molecule has 0 aromatic rings. The summed E-state index contributed by atoms with van der Waals surface area (Å²) in [5.41, 5.74) is -0.495. The molecule has 0 aliphatic carbocycles. The van der Waals surface area contributed by atoms with E-state index in [1.54, 1.807) is 4.90 Å². The molecule has 0 aromatic heterocycles. The average molecular weight is 258 g/mol. The van der Waals surface area contributed by atoms with E-state index < -0.39 is 11.7 Å². The van der Waals surface area contributed by atoms with Crippen molar-refractivity contribution in [3.05, 3.63) is 0 Å². The third-order valence-electron chi connectivity index (χ3n) is 2.73. The summed E-state index contributed by atoms with van der Waals surface area (Å²) >= 11 is 0. The van der Waals surface area contributed by atoms with Crippen LogP contribution in [0.5, 0.6) is 0 Å². The molecule has 1 amide bonds. The van der Waals surface area contributed by atoms with E-state index in [0.717, 1.165) is 6.54 Å². The van der Waals surface area contributed by atoms with Gasteiger partial charge in [0, 0.05) is 6.54 Å². The van der Waals surface area contributed by atoms with Gasteiger partial charge in [0.25, 0.3) is 0 Å². The maximum Gasteiger partial charge on any atom is 0.410 e. The molecule has 1 saturated heterocycles. The first kappa shape index (κ1) is 15.2. The van der Waals surface area contributed by atoms with E-state index in [0.29, 0.717) is 19.0 Å². The lowest BCUT2D eigenvalue weighted by Gasteiger charge is -2.24. The first-order valence-electron chi connectivity index (χ1n) is 6.58. The molecule has 18 heavy (non-hydrogen) atoms. The minimum atomic E-state index is -0.517. The van der Waals surface area contributed by atoms with Crippen LogP contribution in [0.25, 0.3) is 0 Å². The van der Waals surface area contributed by atoms with E-state index in [1.807, 2.05) is 20.8 Å². The van der Waals surface area contributed by atoms with E-state index in [4.69, 9.17) is 4.74 Å². The monoisotopic (exact) mass is 258 g/mol. The number of aliphatic hydroxyl groups excluding tert-OH is 1. The molecule has 1 aliphatic rings. The molecular weight excluding hydrogens is 232 g/mol. The molecule has 1 fully saturated rings. The van der Waals surface area contributed by atoms with Crippen molar-refractivity contribution in [2.45, 2.75) is 52.4 Å². The Labute approximate surface area is 109 Å². The number of nitrogens with zero attached hydrogens (tertiary/aromatic N) is 1. The maximum absolute atomic E-state index is 11.9. The molecule has 0 saturated carbocycles. The van der Waals surface area contributed by atoms with E-state index in [-0.39, 0.29) is 12.1 Å². The van der Waals surface area contributed by atoms with Crippen molar-refractivity contribution in [2.24, 2.45) is 5.92 Å². The molecule has 0 radical (unpaired) electrons. The highest BCUT2D eigenvalue weighted by atomic mass is 16.6. The van der Waals surface area contributed by atoms with Crippen molar-refractivity contribution in [1.29, 1.82) is 0 Å². The number of hydrogen-bond donors (Lipinski definition) is 2. The lowest BCUT2D eigenvalue weighted by atomic mass is 10.1. The van der Waals surface area contributed by atoms with Crippen LogP contribution in [0.1, 0.15) is 34.6 Å². The zero-order chi connectivity index (χ0) is 13.9. The van der Waals surface area contributed by atoms with Gasteiger partial charge in [-0.15, -0.1) is 0 Å². The van der Waals surface area contributed by atoms with Crippen LogP contribution in [0, 0.1) is 5.92 Å². The third-order valence-corrected chi connectivity index (χ3v) is 2.73. The van der Waals surface area contributed by atoms with Crippen LogP contribution < -0.4 is 5.32 Å². The Bertz CT molecular complexity index is 286. The Balaban J connectivity index is 2.45. The van der Waals surface area contributed by atoms with Gasteiger partial charge in [-0.05, 0) is 33.2 Å². The molecule has 2 atom stereocenters. The summed E-state index contributed by atoms with van der Waals surface area (Å²) < 4.78 is 5.29. The first-order chi connectivity index (χ1) is 8.19. The van der Waals surface area contributed by atoms with E-state index >= 15 is 0 Å². The fourth-order valence-corrected chi connectivity index (χ4v) is 1.85. The Morgan fingerprint density at radius 2 is 2.06 bits per heavy atom.